The highest BCUT2D eigenvalue weighted by Crippen LogP contribution is 2.22. The van der Waals surface area contributed by atoms with Gasteiger partial charge in [0, 0.05) is 18.4 Å². The molecule has 0 unspecified atom stereocenters. The molecule has 24 heavy (non-hydrogen) atoms. The summed E-state index contributed by atoms with van der Waals surface area (Å²) in [7, 11) is 0. The van der Waals surface area contributed by atoms with Gasteiger partial charge >= 0.3 is 0 Å². The number of hydrogen-bond acceptors (Lipinski definition) is 3. The highest BCUT2D eigenvalue weighted by molar-refractivity contribution is 5.93. The fraction of sp³-hybridized carbons (Fsp3) is 0.300. The number of pyridine rings is 1. The zero-order valence-electron chi connectivity index (χ0n) is 14.2. The maximum atomic E-state index is 12.5. The number of carbonyl (C=O) groups excluding carboxylic acids is 1. The standard InChI is InChI=1S/C20H23N3O/c1-14-5-6-15(2)18(12-14)23-19(24)13-17-4-3-9-22-20(17)16-7-10-21-11-8-16/h3-7,9,12,21H,8,10-11,13H2,1-2H3,(H,23,24). The molecule has 2 heterocycles. The van der Waals surface area contributed by atoms with Crippen molar-refractivity contribution in [2.75, 3.05) is 18.4 Å². The lowest BCUT2D eigenvalue weighted by atomic mass is 9.99. The zero-order chi connectivity index (χ0) is 16.9. The Hall–Kier alpha value is -2.46. The van der Waals surface area contributed by atoms with Crippen LogP contribution in [0.15, 0.2) is 42.6 Å². The van der Waals surface area contributed by atoms with E-state index in [9.17, 15) is 4.79 Å². The highest BCUT2D eigenvalue weighted by Gasteiger charge is 2.14. The van der Waals surface area contributed by atoms with Crippen LogP contribution in [0.3, 0.4) is 0 Å². The molecule has 0 bridgehead atoms. The van der Waals surface area contributed by atoms with Crippen LogP contribution in [0.4, 0.5) is 5.69 Å². The summed E-state index contributed by atoms with van der Waals surface area (Å²) in [6.07, 6.45) is 5.24. The van der Waals surface area contributed by atoms with E-state index in [0.29, 0.717) is 6.42 Å². The van der Waals surface area contributed by atoms with Gasteiger partial charge in [-0.25, -0.2) is 0 Å². The van der Waals surface area contributed by atoms with Crippen molar-refractivity contribution >= 4 is 17.2 Å². The number of nitrogens with one attached hydrogen (secondary N) is 2. The molecule has 0 atom stereocenters. The second kappa shape index (κ2) is 7.41. The van der Waals surface area contributed by atoms with Gasteiger partial charge in [0.1, 0.15) is 0 Å². The zero-order valence-corrected chi connectivity index (χ0v) is 14.2. The van der Waals surface area contributed by atoms with Gasteiger partial charge in [0.05, 0.1) is 12.1 Å². The molecule has 3 rings (SSSR count). The molecule has 0 saturated heterocycles. The van der Waals surface area contributed by atoms with E-state index in [0.717, 1.165) is 47.6 Å². The molecule has 0 spiro atoms. The van der Waals surface area contributed by atoms with Gasteiger partial charge in [-0.15, -0.1) is 0 Å². The van der Waals surface area contributed by atoms with Gasteiger partial charge in [0.25, 0.3) is 0 Å². The SMILES string of the molecule is Cc1ccc(C)c(NC(=O)Cc2cccnc2C2=CCNCC2)c1. The minimum atomic E-state index is -0.00696. The molecule has 0 aliphatic carbocycles. The third-order valence-electron chi connectivity index (χ3n) is 4.28. The van der Waals surface area contributed by atoms with Gasteiger partial charge in [0.2, 0.25) is 5.91 Å². The van der Waals surface area contributed by atoms with E-state index in [-0.39, 0.29) is 5.91 Å². The third kappa shape index (κ3) is 3.89. The Labute approximate surface area is 143 Å². The Bertz CT molecular complexity index is 780. The van der Waals surface area contributed by atoms with Crippen molar-refractivity contribution in [2.24, 2.45) is 0 Å². The Morgan fingerprint density at radius 2 is 2.17 bits per heavy atom. The van der Waals surface area contributed by atoms with Crippen molar-refractivity contribution in [3.8, 4) is 0 Å². The van der Waals surface area contributed by atoms with Crippen LogP contribution in [-0.2, 0) is 11.2 Å². The Morgan fingerprint density at radius 3 is 2.96 bits per heavy atom. The van der Waals surface area contributed by atoms with Crippen molar-refractivity contribution < 1.29 is 4.79 Å². The summed E-state index contributed by atoms with van der Waals surface area (Å²) in [4.78, 5) is 17.0. The smallest absolute Gasteiger partial charge is 0.228 e. The molecule has 1 aromatic carbocycles. The monoisotopic (exact) mass is 321 g/mol. The lowest BCUT2D eigenvalue weighted by Gasteiger charge is -2.16. The third-order valence-corrected chi connectivity index (χ3v) is 4.28. The Kier molecular flexibility index (Phi) is 5.06. The number of amides is 1. The fourth-order valence-corrected chi connectivity index (χ4v) is 2.95. The summed E-state index contributed by atoms with van der Waals surface area (Å²) in [5, 5.41) is 6.34. The first-order valence-electron chi connectivity index (χ1n) is 8.34. The lowest BCUT2D eigenvalue weighted by molar-refractivity contribution is -0.115. The number of aromatic nitrogens is 1. The van der Waals surface area contributed by atoms with E-state index in [1.807, 2.05) is 44.2 Å². The second-order valence-corrected chi connectivity index (χ2v) is 6.24. The maximum absolute atomic E-state index is 12.5. The molecule has 1 amide bonds. The average molecular weight is 321 g/mol. The molecule has 0 saturated carbocycles. The largest absolute Gasteiger partial charge is 0.326 e. The number of aryl methyl sites for hydroxylation is 2. The summed E-state index contributed by atoms with van der Waals surface area (Å²) in [5.41, 5.74) is 6.25. The van der Waals surface area contributed by atoms with Crippen LogP contribution in [0.5, 0.6) is 0 Å². The van der Waals surface area contributed by atoms with E-state index in [1.165, 1.54) is 5.57 Å². The van der Waals surface area contributed by atoms with Crippen LogP contribution in [0.25, 0.3) is 5.57 Å². The van der Waals surface area contributed by atoms with E-state index >= 15 is 0 Å². The van der Waals surface area contributed by atoms with Gasteiger partial charge in [-0.05, 0) is 61.2 Å². The van der Waals surface area contributed by atoms with Crippen LogP contribution >= 0.6 is 0 Å². The number of nitrogens with zero attached hydrogens (tertiary/aromatic N) is 1. The molecule has 1 aromatic heterocycles. The first kappa shape index (κ1) is 16.4. The van der Waals surface area contributed by atoms with Crippen molar-refractivity contribution in [1.29, 1.82) is 0 Å². The number of anilines is 1. The van der Waals surface area contributed by atoms with Crippen molar-refractivity contribution in [3.05, 3.63) is 65.0 Å². The van der Waals surface area contributed by atoms with Gasteiger partial charge < -0.3 is 10.6 Å². The van der Waals surface area contributed by atoms with E-state index < -0.39 is 0 Å². The predicted molar refractivity (Wildman–Crippen MR) is 98.0 cm³/mol. The minimum absolute atomic E-state index is 0.00696. The molecule has 0 fully saturated rings. The van der Waals surface area contributed by atoms with Crippen molar-refractivity contribution in [2.45, 2.75) is 26.7 Å². The van der Waals surface area contributed by atoms with Crippen molar-refractivity contribution in [1.82, 2.24) is 10.3 Å². The molecule has 1 aliphatic rings. The lowest BCUT2D eigenvalue weighted by Crippen LogP contribution is -2.21. The number of benzene rings is 1. The van der Waals surface area contributed by atoms with Gasteiger partial charge in [-0.1, -0.05) is 24.3 Å². The van der Waals surface area contributed by atoms with Crippen LogP contribution in [0, 0.1) is 13.8 Å². The quantitative estimate of drug-likeness (QED) is 0.909. The summed E-state index contributed by atoms with van der Waals surface area (Å²) in [6, 6.07) is 9.97. The number of rotatable bonds is 4. The second-order valence-electron chi connectivity index (χ2n) is 6.24. The fourth-order valence-electron chi connectivity index (χ4n) is 2.95. The summed E-state index contributed by atoms with van der Waals surface area (Å²) in [6.45, 7) is 5.85. The molecular formula is C20H23N3O. The van der Waals surface area contributed by atoms with Crippen LogP contribution in [-0.4, -0.2) is 24.0 Å². The molecule has 124 valence electrons. The van der Waals surface area contributed by atoms with Gasteiger partial charge in [-0.3, -0.25) is 9.78 Å². The number of hydrogen-bond donors (Lipinski definition) is 2. The van der Waals surface area contributed by atoms with Crippen molar-refractivity contribution in [3.63, 3.8) is 0 Å². The molecule has 4 nitrogen and oxygen atoms in total. The average Bonchev–Trinajstić information content (AvgIpc) is 2.59. The molecule has 4 heteroatoms. The molecule has 1 aliphatic heterocycles. The number of carbonyl (C=O) groups is 1. The first-order chi connectivity index (χ1) is 11.6. The molecule has 2 N–H and O–H groups in total. The van der Waals surface area contributed by atoms with E-state index in [2.05, 4.69) is 21.7 Å². The Balaban J connectivity index is 1.77. The maximum Gasteiger partial charge on any atom is 0.228 e. The van der Waals surface area contributed by atoms with E-state index in [1.54, 1.807) is 6.20 Å². The summed E-state index contributed by atoms with van der Waals surface area (Å²) < 4.78 is 0. The topological polar surface area (TPSA) is 54.0 Å². The summed E-state index contributed by atoms with van der Waals surface area (Å²) >= 11 is 0. The molecular weight excluding hydrogens is 298 g/mol. The molecule has 2 aromatic rings. The van der Waals surface area contributed by atoms with Crippen LogP contribution < -0.4 is 10.6 Å². The minimum Gasteiger partial charge on any atom is -0.326 e. The normalized spacial score (nSPS) is 14.2. The van der Waals surface area contributed by atoms with Gasteiger partial charge in [0.15, 0.2) is 0 Å². The highest BCUT2D eigenvalue weighted by atomic mass is 16.1. The van der Waals surface area contributed by atoms with Gasteiger partial charge in [-0.2, -0.15) is 0 Å². The molecule has 0 radical (unpaired) electrons. The summed E-state index contributed by atoms with van der Waals surface area (Å²) in [5.74, 6) is -0.00696. The predicted octanol–water partition coefficient (Wildman–Crippen LogP) is 3.26. The Morgan fingerprint density at radius 1 is 1.29 bits per heavy atom. The van der Waals surface area contributed by atoms with Crippen LogP contribution in [0.2, 0.25) is 0 Å². The van der Waals surface area contributed by atoms with E-state index in [4.69, 9.17) is 0 Å². The first-order valence-corrected chi connectivity index (χ1v) is 8.34. The van der Waals surface area contributed by atoms with Crippen LogP contribution in [0.1, 0.15) is 28.8 Å².